The summed E-state index contributed by atoms with van der Waals surface area (Å²) in [6.45, 7) is 0.197. The number of carbonyl (C=O) groups excluding carboxylic acids is 1. The number of imidazole rings is 1. The van der Waals surface area contributed by atoms with Gasteiger partial charge in [0.1, 0.15) is 12.4 Å². The minimum absolute atomic E-state index is 0.0910. The van der Waals surface area contributed by atoms with Crippen LogP contribution in [0, 0.1) is 10.1 Å². The summed E-state index contributed by atoms with van der Waals surface area (Å²) in [4.78, 5) is 24.1. The van der Waals surface area contributed by atoms with Gasteiger partial charge in [0, 0.05) is 0 Å². The van der Waals surface area contributed by atoms with Crippen molar-refractivity contribution in [1.29, 1.82) is 0 Å². The lowest BCUT2D eigenvalue weighted by Crippen LogP contribution is -2.08. The molecule has 0 radical (unpaired) electrons. The number of nitrogens with zero attached hydrogens (tertiary/aromatic N) is 3. The van der Waals surface area contributed by atoms with Crippen molar-refractivity contribution in [3.8, 4) is 0 Å². The number of methoxy groups -OCH3 is 1. The average molecular weight is 199 g/mol. The number of nitro groups is 1. The molecule has 1 aromatic rings. The average Bonchev–Trinajstić information content (AvgIpc) is 2.62. The first-order valence-electron chi connectivity index (χ1n) is 3.87. The third-order valence-corrected chi connectivity index (χ3v) is 1.64. The van der Waals surface area contributed by atoms with E-state index >= 15 is 0 Å². The number of ether oxygens (including phenoxy) is 1. The molecule has 1 aromatic heterocycles. The molecule has 1 rings (SSSR count). The van der Waals surface area contributed by atoms with Crippen molar-refractivity contribution in [2.24, 2.45) is 0 Å². The zero-order valence-electron chi connectivity index (χ0n) is 7.54. The van der Waals surface area contributed by atoms with E-state index in [9.17, 15) is 14.9 Å². The van der Waals surface area contributed by atoms with E-state index in [-0.39, 0.29) is 18.9 Å². The first-order chi connectivity index (χ1) is 6.65. The monoisotopic (exact) mass is 199 g/mol. The number of aryl methyl sites for hydroxylation is 1. The lowest BCUT2D eigenvalue weighted by molar-refractivity contribution is -0.396. The Kier molecular flexibility index (Phi) is 3.16. The van der Waals surface area contributed by atoms with Gasteiger partial charge in [0.25, 0.3) is 0 Å². The van der Waals surface area contributed by atoms with E-state index < -0.39 is 10.9 Å². The van der Waals surface area contributed by atoms with Crippen molar-refractivity contribution in [1.82, 2.24) is 9.55 Å². The molecule has 0 spiro atoms. The van der Waals surface area contributed by atoms with Crippen LogP contribution in [0.5, 0.6) is 0 Å². The molecule has 1 heterocycles. The van der Waals surface area contributed by atoms with Gasteiger partial charge in [-0.3, -0.25) is 4.79 Å². The van der Waals surface area contributed by atoms with Gasteiger partial charge < -0.3 is 14.9 Å². The predicted molar refractivity (Wildman–Crippen MR) is 45.5 cm³/mol. The molecule has 0 aliphatic rings. The number of aromatic nitrogens is 2. The molecule has 76 valence electrons. The van der Waals surface area contributed by atoms with Gasteiger partial charge in [0.15, 0.2) is 0 Å². The molecule has 0 saturated heterocycles. The minimum atomic E-state index is -0.600. The van der Waals surface area contributed by atoms with Crippen molar-refractivity contribution in [3.63, 3.8) is 0 Å². The highest BCUT2D eigenvalue weighted by atomic mass is 16.6. The molecule has 0 aromatic carbocycles. The number of hydrogen-bond donors (Lipinski definition) is 0. The van der Waals surface area contributed by atoms with Crippen LogP contribution < -0.4 is 0 Å². The van der Waals surface area contributed by atoms with Crippen LogP contribution in [-0.2, 0) is 16.1 Å². The maximum Gasteiger partial charge on any atom is 0.434 e. The van der Waals surface area contributed by atoms with Crippen LogP contribution in [0.25, 0.3) is 0 Å². The molecule has 7 heteroatoms. The molecule has 0 bridgehead atoms. The van der Waals surface area contributed by atoms with Gasteiger partial charge in [-0.05, 0) is 4.92 Å². The van der Waals surface area contributed by atoms with Gasteiger partial charge in [-0.2, -0.15) is 0 Å². The fourth-order valence-electron chi connectivity index (χ4n) is 0.962. The van der Waals surface area contributed by atoms with Crippen molar-refractivity contribution < 1.29 is 14.5 Å². The van der Waals surface area contributed by atoms with Gasteiger partial charge in [0.2, 0.25) is 0 Å². The van der Waals surface area contributed by atoms with Crippen molar-refractivity contribution in [3.05, 3.63) is 22.5 Å². The summed E-state index contributed by atoms with van der Waals surface area (Å²) in [5.74, 6) is -0.679. The van der Waals surface area contributed by atoms with Crippen molar-refractivity contribution in [2.45, 2.75) is 13.0 Å². The largest absolute Gasteiger partial charge is 0.469 e. The van der Waals surface area contributed by atoms with E-state index in [0.717, 1.165) is 0 Å². The van der Waals surface area contributed by atoms with E-state index in [1.54, 1.807) is 0 Å². The molecule has 0 amide bonds. The second kappa shape index (κ2) is 4.35. The molecule has 0 aliphatic heterocycles. The second-order valence-corrected chi connectivity index (χ2v) is 2.50. The molecule has 0 N–H and O–H groups in total. The Bertz CT molecular complexity index is 346. The van der Waals surface area contributed by atoms with Gasteiger partial charge in [-0.1, -0.05) is 4.98 Å². The van der Waals surface area contributed by atoms with Crippen LogP contribution in [0.2, 0.25) is 0 Å². The fraction of sp³-hybridized carbons (Fsp3) is 0.429. The summed E-state index contributed by atoms with van der Waals surface area (Å²) in [5, 5.41) is 10.4. The number of esters is 1. The van der Waals surface area contributed by atoms with Gasteiger partial charge in [-0.15, -0.1) is 0 Å². The maximum atomic E-state index is 10.8. The highest BCUT2D eigenvalue weighted by Gasteiger charge is 2.14. The van der Waals surface area contributed by atoms with Crippen molar-refractivity contribution >= 4 is 11.9 Å². The van der Waals surface area contributed by atoms with Crippen LogP contribution in [0.15, 0.2) is 12.4 Å². The Balaban J connectivity index is 2.63. The molecule has 0 aliphatic carbocycles. The van der Waals surface area contributed by atoms with Crippen LogP contribution in [0.4, 0.5) is 5.95 Å². The highest BCUT2D eigenvalue weighted by Crippen LogP contribution is 2.07. The summed E-state index contributed by atoms with van der Waals surface area (Å²) in [6, 6.07) is 0. The second-order valence-electron chi connectivity index (χ2n) is 2.50. The smallest absolute Gasteiger partial charge is 0.434 e. The predicted octanol–water partition coefficient (Wildman–Crippen LogP) is 0.354. The van der Waals surface area contributed by atoms with E-state index in [4.69, 9.17) is 0 Å². The Labute approximate surface area is 79.5 Å². The van der Waals surface area contributed by atoms with Crippen LogP contribution in [0.1, 0.15) is 6.42 Å². The molecular weight excluding hydrogens is 190 g/mol. The lowest BCUT2D eigenvalue weighted by atomic mass is 10.4. The number of rotatable bonds is 4. The van der Waals surface area contributed by atoms with Crippen LogP contribution in [-0.4, -0.2) is 27.6 Å². The quantitative estimate of drug-likeness (QED) is 0.396. The van der Waals surface area contributed by atoms with Gasteiger partial charge in [-0.25, -0.2) is 4.57 Å². The SMILES string of the molecule is COC(=O)CCn1ccnc1[N+](=O)[O-]. The molecular formula is C7H9N3O4. The Morgan fingerprint density at radius 2 is 2.50 bits per heavy atom. The molecule has 0 unspecified atom stereocenters. The van der Waals surface area contributed by atoms with E-state index in [2.05, 4.69) is 9.72 Å². The minimum Gasteiger partial charge on any atom is -0.469 e. The summed E-state index contributed by atoms with van der Waals surface area (Å²) in [7, 11) is 1.27. The van der Waals surface area contributed by atoms with E-state index in [1.807, 2.05) is 0 Å². The molecule has 14 heavy (non-hydrogen) atoms. The third kappa shape index (κ3) is 2.28. The zero-order valence-corrected chi connectivity index (χ0v) is 7.54. The molecule has 7 nitrogen and oxygen atoms in total. The number of carbonyl (C=O) groups is 1. The van der Waals surface area contributed by atoms with Crippen LogP contribution in [0.3, 0.4) is 0 Å². The van der Waals surface area contributed by atoms with E-state index in [0.29, 0.717) is 0 Å². The first kappa shape index (κ1) is 10.2. The standard InChI is InChI=1S/C7H9N3O4/c1-14-6(11)2-4-9-5-3-8-7(9)10(12)13/h3,5H,2,4H2,1H3. The first-order valence-corrected chi connectivity index (χ1v) is 3.87. The normalized spacial score (nSPS) is 9.79. The summed E-state index contributed by atoms with van der Waals surface area (Å²) in [5.41, 5.74) is 0. The Morgan fingerprint density at radius 3 is 3.07 bits per heavy atom. The summed E-state index contributed by atoms with van der Waals surface area (Å²) in [6.07, 6.45) is 2.85. The molecule has 0 fully saturated rings. The molecule has 0 saturated carbocycles. The highest BCUT2D eigenvalue weighted by molar-refractivity contribution is 5.69. The number of hydrogen-bond acceptors (Lipinski definition) is 5. The zero-order chi connectivity index (χ0) is 10.6. The summed E-state index contributed by atoms with van der Waals surface area (Å²) >= 11 is 0. The summed E-state index contributed by atoms with van der Waals surface area (Å²) < 4.78 is 5.69. The maximum absolute atomic E-state index is 10.8. The fourth-order valence-corrected chi connectivity index (χ4v) is 0.962. The molecule has 0 atom stereocenters. The Morgan fingerprint density at radius 1 is 1.79 bits per heavy atom. The van der Waals surface area contributed by atoms with Crippen LogP contribution >= 0.6 is 0 Å². The van der Waals surface area contributed by atoms with Crippen molar-refractivity contribution in [2.75, 3.05) is 7.11 Å². The van der Waals surface area contributed by atoms with Gasteiger partial charge in [0.05, 0.1) is 20.1 Å². The van der Waals surface area contributed by atoms with E-state index in [1.165, 1.54) is 24.1 Å². The lowest BCUT2D eigenvalue weighted by Gasteiger charge is -1.99. The van der Waals surface area contributed by atoms with Gasteiger partial charge >= 0.3 is 11.9 Å². The Hall–Kier alpha value is -1.92. The topological polar surface area (TPSA) is 87.3 Å². The third-order valence-electron chi connectivity index (χ3n) is 1.64.